The first kappa shape index (κ1) is 24.3. The molecule has 1 aliphatic rings. The van der Waals surface area contributed by atoms with E-state index in [1.165, 1.54) is 39.2 Å². The van der Waals surface area contributed by atoms with Crippen molar-refractivity contribution in [1.29, 1.82) is 0 Å². The van der Waals surface area contributed by atoms with Crippen molar-refractivity contribution in [3.05, 3.63) is 156 Å². The van der Waals surface area contributed by atoms with Crippen LogP contribution in [0.1, 0.15) is 28.3 Å². The van der Waals surface area contributed by atoms with Gasteiger partial charge in [0.2, 0.25) is 0 Å². The van der Waals surface area contributed by atoms with E-state index in [4.69, 9.17) is 4.99 Å². The summed E-state index contributed by atoms with van der Waals surface area (Å²) in [5.74, 6) is 0. The normalized spacial score (nSPS) is 16.7. The molecule has 6 rings (SSSR count). The van der Waals surface area contributed by atoms with Gasteiger partial charge in [-0.25, -0.2) is 0 Å². The molecule has 5 aromatic rings. The summed E-state index contributed by atoms with van der Waals surface area (Å²) in [5, 5.41) is 1.15. The molecule has 38 heavy (non-hydrogen) atoms. The quantitative estimate of drug-likeness (QED) is 0.226. The number of aliphatic imine (C=N–C) groups is 1. The molecule has 0 N–H and O–H groups in total. The summed E-state index contributed by atoms with van der Waals surface area (Å²) in [4.78, 5) is 7.81. The molecule has 0 fully saturated rings. The van der Waals surface area contributed by atoms with Crippen molar-refractivity contribution in [2.75, 3.05) is 4.90 Å². The number of rotatable bonds is 6. The highest BCUT2D eigenvalue weighted by molar-refractivity contribution is 8.15. The van der Waals surface area contributed by atoms with Crippen LogP contribution in [0, 0.1) is 13.8 Å². The van der Waals surface area contributed by atoms with Crippen LogP contribution in [0.2, 0.25) is 0 Å². The predicted molar refractivity (Wildman–Crippen MR) is 163 cm³/mol. The molecule has 0 amide bonds. The number of anilines is 2. The first-order valence-corrected chi connectivity index (χ1v) is 13.9. The fourth-order valence-corrected chi connectivity index (χ4v) is 6.29. The van der Waals surface area contributed by atoms with Gasteiger partial charge in [-0.05, 0) is 54.8 Å². The molecule has 2 nitrogen and oxygen atoms in total. The molecule has 0 unspecified atom stereocenters. The van der Waals surface area contributed by atoms with E-state index in [0.29, 0.717) is 0 Å². The molecular formula is C35H30N2S. The Morgan fingerprint density at radius 3 is 1.55 bits per heavy atom. The zero-order valence-electron chi connectivity index (χ0n) is 21.7. The highest BCUT2D eigenvalue weighted by atomic mass is 32.2. The number of benzene rings is 5. The molecule has 1 heterocycles. The zero-order valence-corrected chi connectivity index (χ0v) is 22.5. The van der Waals surface area contributed by atoms with Crippen molar-refractivity contribution >= 4 is 28.2 Å². The minimum absolute atomic E-state index is 0.00685. The standard InChI is InChI=1S/C35H30N2S/c1-25-13-21-31(22-14-25)37(32-23-15-26(2)16-24-32)35-33(29-11-7-4-8-12-29)36-34(38-35)30-19-17-28(18-20-30)27-9-5-3-6-10-27/h3-24,33,35H,1-2H3/t33-,35+/m1/s1. The Hall–Kier alpha value is -4.08. The average molecular weight is 511 g/mol. The molecule has 0 aliphatic carbocycles. The van der Waals surface area contributed by atoms with Gasteiger partial charge < -0.3 is 4.90 Å². The highest BCUT2D eigenvalue weighted by Crippen LogP contribution is 2.46. The van der Waals surface area contributed by atoms with Gasteiger partial charge in [-0.3, -0.25) is 4.99 Å². The smallest absolute Gasteiger partial charge is 0.112 e. The van der Waals surface area contributed by atoms with Crippen LogP contribution in [-0.4, -0.2) is 10.4 Å². The summed E-state index contributed by atoms with van der Waals surface area (Å²) in [7, 11) is 0. The third-order valence-corrected chi connectivity index (χ3v) is 8.29. The minimum Gasteiger partial charge on any atom is -0.326 e. The van der Waals surface area contributed by atoms with Crippen molar-refractivity contribution in [1.82, 2.24) is 0 Å². The zero-order chi connectivity index (χ0) is 25.9. The van der Waals surface area contributed by atoms with Gasteiger partial charge >= 0.3 is 0 Å². The molecule has 3 heteroatoms. The molecule has 0 saturated carbocycles. The van der Waals surface area contributed by atoms with Crippen LogP contribution in [-0.2, 0) is 0 Å². The Kier molecular flexibility index (Phi) is 6.85. The molecule has 0 bridgehead atoms. The molecule has 2 atom stereocenters. The third-order valence-electron chi connectivity index (χ3n) is 7.02. The second-order valence-corrected chi connectivity index (χ2v) is 10.9. The lowest BCUT2D eigenvalue weighted by molar-refractivity contribution is 0.694. The lowest BCUT2D eigenvalue weighted by atomic mass is 10.0. The first-order chi connectivity index (χ1) is 18.7. The molecule has 0 aromatic heterocycles. The Balaban J connectivity index is 1.41. The highest BCUT2D eigenvalue weighted by Gasteiger charge is 2.37. The molecule has 186 valence electrons. The molecule has 0 radical (unpaired) electrons. The average Bonchev–Trinajstić information content (AvgIpc) is 3.41. The van der Waals surface area contributed by atoms with Crippen LogP contribution in [0.25, 0.3) is 11.1 Å². The maximum absolute atomic E-state index is 5.36. The van der Waals surface area contributed by atoms with Crippen LogP contribution < -0.4 is 4.90 Å². The van der Waals surface area contributed by atoms with E-state index in [9.17, 15) is 0 Å². The Labute approximate surface area is 229 Å². The molecule has 0 spiro atoms. The van der Waals surface area contributed by atoms with E-state index in [1.54, 1.807) is 0 Å². The minimum atomic E-state index is -0.00685. The monoisotopic (exact) mass is 510 g/mol. The van der Waals surface area contributed by atoms with Gasteiger partial charge in [0.1, 0.15) is 16.5 Å². The second kappa shape index (κ2) is 10.7. The first-order valence-electron chi connectivity index (χ1n) is 13.0. The van der Waals surface area contributed by atoms with E-state index in [-0.39, 0.29) is 11.4 Å². The van der Waals surface area contributed by atoms with Gasteiger partial charge in [0.25, 0.3) is 0 Å². The van der Waals surface area contributed by atoms with Gasteiger partial charge in [0.05, 0.1) is 0 Å². The number of hydrogen-bond acceptors (Lipinski definition) is 3. The SMILES string of the molecule is Cc1ccc(N(c2ccc(C)cc2)[C@H]2SC(c3ccc(-c4ccccc4)cc3)=N[C@@H]2c2ccccc2)cc1. The summed E-state index contributed by atoms with van der Waals surface area (Å²) in [5.41, 5.74) is 9.69. The summed E-state index contributed by atoms with van der Waals surface area (Å²) in [6.45, 7) is 4.27. The number of nitrogens with zero attached hydrogens (tertiary/aromatic N) is 2. The molecular weight excluding hydrogens is 480 g/mol. The van der Waals surface area contributed by atoms with E-state index in [1.807, 2.05) is 11.8 Å². The maximum atomic E-state index is 5.36. The number of thioether (sulfide) groups is 1. The number of aryl methyl sites for hydroxylation is 2. The van der Waals surface area contributed by atoms with Crippen molar-refractivity contribution in [3.63, 3.8) is 0 Å². The Bertz CT molecular complexity index is 1480. The van der Waals surface area contributed by atoms with Crippen molar-refractivity contribution < 1.29 is 0 Å². The Morgan fingerprint density at radius 1 is 0.526 bits per heavy atom. The predicted octanol–water partition coefficient (Wildman–Crippen LogP) is 9.37. The maximum Gasteiger partial charge on any atom is 0.112 e. The fourth-order valence-electron chi connectivity index (χ4n) is 4.91. The van der Waals surface area contributed by atoms with Crippen LogP contribution in [0.3, 0.4) is 0 Å². The summed E-state index contributed by atoms with van der Waals surface area (Å²) < 4.78 is 0. The van der Waals surface area contributed by atoms with Crippen LogP contribution in [0.15, 0.2) is 138 Å². The van der Waals surface area contributed by atoms with Crippen LogP contribution in [0.5, 0.6) is 0 Å². The summed E-state index contributed by atoms with van der Waals surface area (Å²) >= 11 is 1.85. The summed E-state index contributed by atoms with van der Waals surface area (Å²) in [6.07, 6.45) is 0. The molecule has 0 saturated heterocycles. The van der Waals surface area contributed by atoms with E-state index < -0.39 is 0 Å². The van der Waals surface area contributed by atoms with Gasteiger partial charge in [-0.1, -0.05) is 132 Å². The van der Waals surface area contributed by atoms with Gasteiger partial charge in [0, 0.05) is 16.9 Å². The van der Waals surface area contributed by atoms with Crippen molar-refractivity contribution in [2.45, 2.75) is 25.3 Å². The van der Waals surface area contributed by atoms with Gasteiger partial charge in [0.15, 0.2) is 0 Å². The molecule has 1 aliphatic heterocycles. The van der Waals surface area contributed by atoms with Gasteiger partial charge in [-0.2, -0.15) is 0 Å². The second-order valence-electron chi connectivity index (χ2n) is 9.78. The number of hydrogen-bond donors (Lipinski definition) is 0. The third kappa shape index (κ3) is 5.03. The fraction of sp³-hybridized carbons (Fsp3) is 0.114. The Morgan fingerprint density at radius 2 is 1.00 bits per heavy atom. The van der Waals surface area contributed by atoms with Crippen molar-refractivity contribution in [2.24, 2.45) is 4.99 Å². The lowest BCUT2D eigenvalue weighted by Crippen LogP contribution is -2.31. The van der Waals surface area contributed by atoms with E-state index in [2.05, 4.69) is 152 Å². The van der Waals surface area contributed by atoms with Crippen LogP contribution >= 0.6 is 11.8 Å². The largest absolute Gasteiger partial charge is 0.326 e. The lowest BCUT2D eigenvalue weighted by Gasteiger charge is -2.34. The topological polar surface area (TPSA) is 15.6 Å². The van der Waals surface area contributed by atoms with Crippen molar-refractivity contribution in [3.8, 4) is 11.1 Å². The van der Waals surface area contributed by atoms with E-state index in [0.717, 1.165) is 10.6 Å². The molecule has 5 aromatic carbocycles. The van der Waals surface area contributed by atoms with Gasteiger partial charge in [-0.15, -0.1) is 0 Å². The summed E-state index contributed by atoms with van der Waals surface area (Å²) in [6, 6.07) is 47.7. The van der Waals surface area contributed by atoms with Crippen LogP contribution in [0.4, 0.5) is 11.4 Å². The van der Waals surface area contributed by atoms with E-state index >= 15 is 0 Å².